The fourth-order valence-electron chi connectivity index (χ4n) is 4.69. The molecule has 9 nitrogen and oxygen atoms in total. The number of halogens is 2. The number of hydrogen-bond acceptors (Lipinski definition) is 5. The number of likely N-dealkylation sites (tertiary alicyclic amines) is 1. The average Bonchev–Trinajstić information content (AvgIpc) is 3.50. The van der Waals surface area contributed by atoms with Crippen molar-refractivity contribution in [3.05, 3.63) is 77.1 Å². The first-order chi connectivity index (χ1) is 18.5. The minimum Gasteiger partial charge on any atom is -0.444 e. The molecule has 0 saturated carbocycles. The van der Waals surface area contributed by atoms with E-state index in [4.69, 9.17) is 4.74 Å². The van der Waals surface area contributed by atoms with Crippen LogP contribution in [0.1, 0.15) is 61.1 Å². The van der Waals surface area contributed by atoms with Gasteiger partial charge in [-0.05, 0) is 75.4 Å². The van der Waals surface area contributed by atoms with Gasteiger partial charge in [-0.1, -0.05) is 6.07 Å². The molecule has 4 aromatic rings. The third-order valence-electron chi connectivity index (χ3n) is 6.54. The Balaban J connectivity index is 1.23. The summed E-state index contributed by atoms with van der Waals surface area (Å²) in [5, 5.41) is 15.0. The van der Waals surface area contributed by atoms with E-state index >= 15 is 0 Å². The topological polar surface area (TPSA) is 105 Å². The second kappa shape index (κ2) is 10.5. The lowest BCUT2D eigenvalue weighted by Crippen LogP contribution is -2.42. The first kappa shape index (κ1) is 26.3. The predicted octanol–water partition coefficient (Wildman–Crippen LogP) is 5.45. The van der Waals surface area contributed by atoms with Gasteiger partial charge in [0.2, 0.25) is 0 Å². The van der Waals surface area contributed by atoms with Crippen molar-refractivity contribution >= 4 is 28.7 Å². The number of piperidine rings is 1. The van der Waals surface area contributed by atoms with E-state index in [2.05, 4.69) is 20.6 Å². The molecule has 0 bridgehead atoms. The van der Waals surface area contributed by atoms with Gasteiger partial charge in [-0.2, -0.15) is 10.2 Å². The zero-order valence-corrected chi connectivity index (χ0v) is 22.0. The molecule has 5 rings (SSSR count). The van der Waals surface area contributed by atoms with E-state index in [-0.39, 0.29) is 18.0 Å². The number of fused-ring (bicyclic) bond motifs is 1. The molecule has 3 heterocycles. The maximum atomic E-state index is 13.6. The first-order valence-electron chi connectivity index (χ1n) is 12.8. The number of carbonyl (C=O) groups excluding carboxylic acids is 2. The maximum absolute atomic E-state index is 13.6. The van der Waals surface area contributed by atoms with E-state index in [1.807, 2.05) is 39.0 Å². The van der Waals surface area contributed by atoms with Crippen LogP contribution in [-0.4, -0.2) is 55.6 Å². The van der Waals surface area contributed by atoms with E-state index in [0.29, 0.717) is 60.2 Å². The number of hydrogen-bond donors (Lipinski definition) is 2. The molecule has 0 spiro atoms. The van der Waals surface area contributed by atoms with Crippen LogP contribution in [0.4, 0.5) is 19.4 Å². The van der Waals surface area contributed by atoms with Crippen LogP contribution in [0, 0.1) is 11.6 Å². The molecule has 2 aromatic heterocycles. The van der Waals surface area contributed by atoms with Gasteiger partial charge < -0.3 is 15.0 Å². The van der Waals surface area contributed by atoms with Crippen LogP contribution in [-0.2, 0) is 11.2 Å². The third kappa shape index (κ3) is 6.24. The second-order valence-corrected chi connectivity index (χ2v) is 10.8. The highest BCUT2D eigenvalue weighted by Gasteiger charge is 2.28. The fourth-order valence-corrected chi connectivity index (χ4v) is 4.69. The van der Waals surface area contributed by atoms with Gasteiger partial charge in [0.05, 0.1) is 23.3 Å². The number of rotatable bonds is 5. The maximum Gasteiger partial charge on any atom is 0.410 e. The number of anilines is 1. The molecule has 1 saturated heterocycles. The minimum atomic E-state index is -0.628. The Kier molecular flexibility index (Phi) is 7.07. The first-order valence-corrected chi connectivity index (χ1v) is 12.8. The van der Waals surface area contributed by atoms with Crippen LogP contribution in [0.2, 0.25) is 0 Å². The number of benzene rings is 2. The molecule has 0 radical (unpaired) electrons. The number of carbonyl (C=O) groups is 2. The summed E-state index contributed by atoms with van der Waals surface area (Å²) in [6.45, 7) is 6.62. The van der Waals surface area contributed by atoms with E-state index in [9.17, 15) is 18.4 Å². The number of amides is 2. The summed E-state index contributed by atoms with van der Waals surface area (Å²) in [6, 6.07) is 8.98. The summed E-state index contributed by atoms with van der Waals surface area (Å²) >= 11 is 0. The highest BCUT2D eigenvalue weighted by atomic mass is 19.1. The Bertz CT molecular complexity index is 1500. The fraction of sp³-hybridized carbons (Fsp3) is 0.357. The van der Waals surface area contributed by atoms with E-state index in [0.717, 1.165) is 11.6 Å². The van der Waals surface area contributed by atoms with Crippen LogP contribution in [0.15, 0.2) is 48.8 Å². The van der Waals surface area contributed by atoms with Gasteiger partial charge in [0.15, 0.2) is 5.82 Å². The minimum absolute atomic E-state index is 0.0617. The Morgan fingerprint density at radius 3 is 2.49 bits per heavy atom. The monoisotopic (exact) mass is 536 g/mol. The summed E-state index contributed by atoms with van der Waals surface area (Å²) in [5.74, 6) is -1.27. The van der Waals surface area contributed by atoms with Crippen molar-refractivity contribution in [2.24, 2.45) is 0 Å². The smallest absolute Gasteiger partial charge is 0.410 e. The molecule has 0 unspecified atom stereocenters. The van der Waals surface area contributed by atoms with Crippen LogP contribution < -0.4 is 5.32 Å². The molecule has 2 N–H and O–H groups in total. The van der Waals surface area contributed by atoms with Gasteiger partial charge in [-0.15, -0.1) is 0 Å². The van der Waals surface area contributed by atoms with E-state index < -0.39 is 17.2 Å². The van der Waals surface area contributed by atoms with Gasteiger partial charge in [-0.3, -0.25) is 14.6 Å². The van der Waals surface area contributed by atoms with Crippen molar-refractivity contribution in [2.45, 2.75) is 51.7 Å². The molecular formula is C28H30F2N6O3. The van der Waals surface area contributed by atoms with Gasteiger partial charge in [0, 0.05) is 30.7 Å². The Morgan fingerprint density at radius 2 is 1.79 bits per heavy atom. The van der Waals surface area contributed by atoms with Crippen molar-refractivity contribution in [3.8, 4) is 0 Å². The van der Waals surface area contributed by atoms with Crippen molar-refractivity contribution in [2.75, 3.05) is 18.4 Å². The Morgan fingerprint density at radius 1 is 1.08 bits per heavy atom. The van der Waals surface area contributed by atoms with Crippen molar-refractivity contribution in [1.29, 1.82) is 0 Å². The van der Waals surface area contributed by atoms with Crippen LogP contribution >= 0.6 is 0 Å². The number of aromatic nitrogens is 4. The molecule has 39 heavy (non-hydrogen) atoms. The molecule has 0 aliphatic carbocycles. The van der Waals surface area contributed by atoms with E-state index in [1.54, 1.807) is 15.8 Å². The summed E-state index contributed by atoms with van der Waals surface area (Å²) < 4.78 is 34.4. The molecule has 1 aliphatic rings. The zero-order valence-electron chi connectivity index (χ0n) is 22.0. The van der Waals surface area contributed by atoms with Crippen molar-refractivity contribution in [3.63, 3.8) is 0 Å². The third-order valence-corrected chi connectivity index (χ3v) is 6.54. The van der Waals surface area contributed by atoms with Crippen molar-refractivity contribution < 1.29 is 23.1 Å². The summed E-state index contributed by atoms with van der Waals surface area (Å²) in [4.78, 5) is 27.0. The standard InChI is InChI=1S/C28H30F2N6O3/c1-28(2,3)39-27(38)35-8-6-22(7-9-35)36-16-19(15-31-36)26(37)32-25-23-13-17(4-5-24(23)33-34-25)10-18-11-20(29)14-21(30)12-18/h4-5,11-16,22H,6-10H2,1-3H3,(H2,32,33,34,37). The molecule has 11 heteroatoms. The number of ether oxygens (including phenoxy) is 1. The van der Waals surface area contributed by atoms with Gasteiger partial charge in [0.1, 0.15) is 17.2 Å². The number of aromatic amines is 1. The predicted molar refractivity (Wildman–Crippen MR) is 142 cm³/mol. The van der Waals surface area contributed by atoms with Gasteiger partial charge >= 0.3 is 6.09 Å². The zero-order chi connectivity index (χ0) is 27.7. The molecule has 204 valence electrons. The van der Waals surface area contributed by atoms with Crippen molar-refractivity contribution in [1.82, 2.24) is 24.9 Å². The Labute approximate surface area is 224 Å². The molecule has 1 aliphatic heterocycles. The average molecular weight is 537 g/mol. The lowest BCUT2D eigenvalue weighted by atomic mass is 10.0. The lowest BCUT2D eigenvalue weighted by molar-refractivity contribution is 0.0184. The second-order valence-electron chi connectivity index (χ2n) is 10.8. The molecule has 1 fully saturated rings. The normalized spacial score (nSPS) is 14.5. The van der Waals surface area contributed by atoms with Gasteiger partial charge in [-0.25, -0.2) is 13.6 Å². The highest BCUT2D eigenvalue weighted by Crippen LogP contribution is 2.26. The van der Waals surface area contributed by atoms with Crippen LogP contribution in [0.3, 0.4) is 0 Å². The highest BCUT2D eigenvalue weighted by molar-refractivity contribution is 6.07. The quantitative estimate of drug-likeness (QED) is 0.353. The Hall–Kier alpha value is -4.28. The van der Waals surface area contributed by atoms with Crippen LogP contribution in [0.25, 0.3) is 10.9 Å². The van der Waals surface area contributed by atoms with E-state index in [1.165, 1.54) is 18.3 Å². The van der Waals surface area contributed by atoms with Crippen LogP contribution in [0.5, 0.6) is 0 Å². The number of nitrogens with one attached hydrogen (secondary N) is 2. The summed E-state index contributed by atoms with van der Waals surface area (Å²) in [7, 11) is 0. The molecule has 2 aromatic carbocycles. The molecule has 0 atom stereocenters. The number of H-pyrrole nitrogens is 1. The molecular weight excluding hydrogens is 506 g/mol. The summed E-state index contributed by atoms with van der Waals surface area (Å²) in [5.41, 5.74) is 1.87. The molecule has 2 amide bonds. The largest absolute Gasteiger partial charge is 0.444 e. The summed E-state index contributed by atoms with van der Waals surface area (Å²) in [6.07, 6.45) is 4.60. The lowest BCUT2D eigenvalue weighted by Gasteiger charge is -2.33. The number of nitrogens with zero attached hydrogens (tertiary/aromatic N) is 4. The van der Waals surface area contributed by atoms with Gasteiger partial charge in [0.25, 0.3) is 5.91 Å². The SMILES string of the molecule is CC(C)(C)OC(=O)N1CCC(n2cc(C(=O)Nc3n[nH]c4ccc(Cc5cc(F)cc(F)c5)cc34)cn2)CC1.